The second kappa shape index (κ2) is 7.27. The third-order valence-corrected chi connectivity index (χ3v) is 5.22. The molecule has 2 aromatic carbocycles. The van der Waals surface area contributed by atoms with Crippen LogP contribution in [0.3, 0.4) is 0 Å². The van der Waals surface area contributed by atoms with Crippen molar-refractivity contribution >= 4 is 23.0 Å². The summed E-state index contributed by atoms with van der Waals surface area (Å²) in [6.07, 6.45) is 0. The molecule has 2 aromatic rings. The summed E-state index contributed by atoms with van der Waals surface area (Å²) in [5.41, 5.74) is 3.35. The normalized spacial score (nSPS) is 12.2. The summed E-state index contributed by atoms with van der Waals surface area (Å²) in [7, 11) is 0. The Morgan fingerprint density at radius 2 is 1.63 bits per heavy atom. The maximum atomic E-state index is 14.3. The number of nitrogens with one attached hydrogen (secondary N) is 1. The largest absolute Gasteiger partial charge is 0.353 e. The van der Waals surface area contributed by atoms with Crippen LogP contribution in [0.2, 0.25) is 5.02 Å². The smallest absolute Gasteiger partial charge is 0.146 e. The summed E-state index contributed by atoms with van der Waals surface area (Å²) in [5.74, 6) is -0.461. The van der Waals surface area contributed by atoms with Gasteiger partial charge in [-0.1, -0.05) is 45.0 Å². The molecule has 0 amide bonds. The maximum Gasteiger partial charge on any atom is 0.146 e. The second-order valence-corrected chi connectivity index (χ2v) is 8.96. The summed E-state index contributed by atoms with van der Waals surface area (Å²) >= 11 is 6.47. The highest BCUT2D eigenvalue weighted by molar-refractivity contribution is 6.31. The Morgan fingerprint density at radius 1 is 1.04 bits per heavy atom. The molecule has 0 unspecified atom stereocenters. The van der Waals surface area contributed by atoms with Crippen molar-refractivity contribution in [1.82, 2.24) is 0 Å². The van der Waals surface area contributed by atoms with Gasteiger partial charge in [-0.15, -0.1) is 0 Å². The zero-order valence-electron chi connectivity index (χ0n) is 17.2. The lowest BCUT2D eigenvalue weighted by atomic mass is 9.81. The molecule has 0 bridgehead atoms. The predicted octanol–water partition coefficient (Wildman–Crippen LogP) is 7.68. The van der Waals surface area contributed by atoms with E-state index in [0.29, 0.717) is 16.3 Å². The molecule has 146 valence electrons. The standard InChI is InChI=1S/C23H28ClF2N/c1-13-17(22(4,5)6)12-18(24)14(2)21(13)15(3)27-20-11-16(23(7,8)26)9-10-19(20)25/h9-12,27H,3H2,1-2,4-8H3. The molecule has 0 aromatic heterocycles. The van der Waals surface area contributed by atoms with E-state index in [-0.39, 0.29) is 11.1 Å². The fraction of sp³-hybridized carbons (Fsp3) is 0.391. The molecular formula is C23H28ClF2N. The zero-order chi connectivity index (χ0) is 20.7. The number of hydrogen-bond donors (Lipinski definition) is 1. The molecule has 0 aliphatic heterocycles. The van der Waals surface area contributed by atoms with Crippen LogP contribution in [-0.4, -0.2) is 0 Å². The van der Waals surface area contributed by atoms with Gasteiger partial charge in [0.05, 0.1) is 5.69 Å². The molecule has 1 nitrogen and oxygen atoms in total. The SMILES string of the molecule is C=C(Nc1cc(C(C)(C)F)ccc1F)c1c(C)c(Cl)cc(C(C)(C)C)c1C. The average molecular weight is 392 g/mol. The number of hydrogen-bond acceptors (Lipinski definition) is 1. The van der Waals surface area contributed by atoms with Crippen molar-refractivity contribution in [2.75, 3.05) is 5.32 Å². The van der Waals surface area contributed by atoms with Crippen molar-refractivity contribution in [2.24, 2.45) is 0 Å². The highest BCUT2D eigenvalue weighted by Gasteiger charge is 2.23. The lowest BCUT2D eigenvalue weighted by molar-refractivity contribution is 0.221. The Labute approximate surface area is 166 Å². The molecule has 27 heavy (non-hydrogen) atoms. The fourth-order valence-electron chi connectivity index (χ4n) is 3.33. The molecule has 0 fully saturated rings. The van der Waals surface area contributed by atoms with Crippen LogP contribution < -0.4 is 5.32 Å². The highest BCUT2D eigenvalue weighted by Crippen LogP contribution is 2.37. The van der Waals surface area contributed by atoms with Crippen molar-refractivity contribution in [3.63, 3.8) is 0 Å². The first-order valence-electron chi connectivity index (χ1n) is 8.99. The van der Waals surface area contributed by atoms with Gasteiger partial charge in [-0.3, -0.25) is 0 Å². The predicted molar refractivity (Wildman–Crippen MR) is 113 cm³/mol. The zero-order valence-corrected chi connectivity index (χ0v) is 17.9. The van der Waals surface area contributed by atoms with Crippen LogP contribution in [0, 0.1) is 19.7 Å². The molecule has 0 heterocycles. The maximum absolute atomic E-state index is 14.3. The van der Waals surface area contributed by atoms with Gasteiger partial charge in [-0.2, -0.15) is 0 Å². The van der Waals surface area contributed by atoms with E-state index in [2.05, 4.69) is 32.7 Å². The van der Waals surface area contributed by atoms with E-state index in [9.17, 15) is 8.78 Å². The van der Waals surface area contributed by atoms with Crippen LogP contribution in [0.25, 0.3) is 5.70 Å². The van der Waals surface area contributed by atoms with Crippen LogP contribution in [0.1, 0.15) is 62.4 Å². The van der Waals surface area contributed by atoms with Crippen LogP contribution in [0.5, 0.6) is 0 Å². The first-order chi connectivity index (χ1) is 12.2. The van der Waals surface area contributed by atoms with Gasteiger partial charge in [0.15, 0.2) is 0 Å². The van der Waals surface area contributed by atoms with E-state index in [0.717, 1.165) is 22.3 Å². The number of alkyl halides is 1. The molecule has 0 spiro atoms. The van der Waals surface area contributed by atoms with E-state index < -0.39 is 11.5 Å². The molecular weight excluding hydrogens is 364 g/mol. The van der Waals surface area contributed by atoms with Crippen molar-refractivity contribution in [2.45, 2.75) is 59.5 Å². The van der Waals surface area contributed by atoms with E-state index >= 15 is 0 Å². The third-order valence-electron chi connectivity index (χ3n) is 4.83. The number of rotatable bonds is 4. The Bertz CT molecular complexity index is 887. The number of benzene rings is 2. The monoisotopic (exact) mass is 391 g/mol. The van der Waals surface area contributed by atoms with Gasteiger partial charge in [-0.25, -0.2) is 8.78 Å². The quantitative estimate of drug-likeness (QED) is 0.563. The summed E-state index contributed by atoms with van der Waals surface area (Å²) in [4.78, 5) is 0. The number of anilines is 1. The minimum atomic E-state index is -1.56. The van der Waals surface area contributed by atoms with Gasteiger partial charge in [0, 0.05) is 16.3 Å². The van der Waals surface area contributed by atoms with Gasteiger partial charge >= 0.3 is 0 Å². The topological polar surface area (TPSA) is 12.0 Å². The Balaban J connectivity index is 2.53. The highest BCUT2D eigenvalue weighted by atomic mass is 35.5. The van der Waals surface area contributed by atoms with E-state index in [1.165, 1.54) is 32.0 Å². The first kappa shape index (κ1) is 21.4. The molecule has 0 radical (unpaired) electrons. The van der Waals surface area contributed by atoms with Crippen molar-refractivity contribution in [3.05, 3.63) is 69.5 Å². The van der Waals surface area contributed by atoms with Crippen molar-refractivity contribution < 1.29 is 8.78 Å². The van der Waals surface area contributed by atoms with E-state index in [4.69, 9.17) is 11.6 Å². The summed E-state index contributed by atoms with van der Waals surface area (Å²) in [5, 5.41) is 3.67. The first-order valence-corrected chi connectivity index (χ1v) is 9.36. The van der Waals surface area contributed by atoms with Gasteiger partial charge in [0.1, 0.15) is 11.5 Å². The lowest BCUT2D eigenvalue weighted by Crippen LogP contribution is -2.16. The molecule has 0 saturated heterocycles. The minimum absolute atomic E-state index is 0.0974. The molecule has 0 aliphatic rings. The van der Waals surface area contributed by atoms with E-state index in [1.54, 1.807) is 0 Å². The molecule has 0 saturated carbocycles. The van der Waals surface area contributed by atoms with Crippen LogP contribution in [0.15, 0.2) is 30.8 Å². The molecule has 1 N–H and O–H groups in total. The van der Waals surface area contributed by atoms with Gasteiger partial charge in [-0.05, 0) is 73.6 Å². The number of halogens is 3. The van der Waals surface area contributed by atoms with Crippen LogP contribution in [0.4, 0.5) is 14.5 Å². The Kier molecular flexibility index (Phi) is 5.77. The van der Waals surface area contributed by atoms with E-state index in [1.807, 2.05) is 19.9 Å². The molecule has 0 aliphatic carbocycles. The summed E-state index contributed by atoms with van der Waals surface area (Å²) in [6, 6.07) is 6.19. The summed E-state index contributed by atoms with van der Waals surface area (Å²) in [6.45, 7) is 17.3. The van der Waals surface area contributed by atoms with Gasteiger partial charge in [0.2, 0.25) is 0 Å². The molecule has 4 heteroatoms. The van der Waals surface area contributed by atoms with Crippen LogP contribution in [-0.2, 0) is 11.1 Å². The van der Waals surface area contributed by atoms with Crippen molar-refractivity contribution in [1.29, 1.82) is 0 Å². The van der Waals surface area contributed by atoms with Crippen LogP contribution >= 0.6 is 11.6 Å². The second-order valence-electron chi connectivity index (χ2n) is 8.55. The Hall–Kier alpha value is -1.87. The average Bonchev–Trinajstić information content (AvgIpc) is 2.51. The fourth-order valence-corrected chi connectivity index (χ4v) is 3.53. The lowest BCUT2D eigenvalue weighted by Gasteiger charge is -2.26. The molecule has 2 rings (SSSR count). The Morgan fingerprint density at radius 3 is 2.15 bits per heavy atom. The minimum Gasteiger partial charge on any atom is -0.353 e. The van der Waals surface area contributed by atoms with Crippen molar-refractivity contribution in [3.8, 4) is 0 Å². The van der Waals surface area contributed by atoms with Gasteiger partial charge in [0.25, 0.3) is 0 Å². The summed E-state index contributed by atoms with van der Waals surface area (Å²) < 4.78 is 28.6. The third kappa shape index (κ3) is 4.52. The molecule has 0 atom stereocenters. The van der Waals surface area contributed by atoms with Gasteiger partial charge < -0.3 is 5.32 Å².